The number of carboxylic acids is 1. The van der Waals surface area contributed by atoms with Crippen molar-refractivity contribution in [3.8, 4) is 16.9 Å². The first kappa shape index (κ1) is 25.4. The van der Waals surface area contributed by atoms with Crippen LogP contribution in [0.1, 0.15) is 45.9 Å². The fraction of sp³-hybridized carbons (Fsp3) is 0.207. The van der Waals surface area contributed by atoms with E-state index in [2.05, 4.69) is 33.5 Å². The van der Waals surface area contributed by atoms with Gasteiger partial charge in [0.15, 0.2) is 11.6 Å². The Bertz CT molecular complexity index is 1640. The van der Waals surface area contributed by atoms with E-state index in [0.29, 0.717) is 23.6 Å². The second-order valence-corrected chi connectivity index (χ2v) is 9.81. The molecule has 1 aliphatic heterocycles. The Morgan fingerprint density at radius 2 is 1.93 bits per heavy atom. The van der Waals surface area contributed by atoms with Gasteiger partial charge in [-0.1, -0.05) is 24.3 Å². The Kier molecular flexibility index (Phi) is 6.56. The van der Waals surface area contributed by atoms with Crippen LogP contribution in [0, 0.1) is 5.82 Å². The lowest BCUT2D eigenvalue weighted by atomic mass is 9.97. The molecule has 0 saturated heterocycles. The second-order valence-electron chi connectivity index (χ2n) is 9.81. The summed E-state index contributed by atoms with van der Waals surface area (Å²) < 4.78 is 22.4. The minimum Gasteiger partial charge on any atom is -0.494 e. The van der Waals surface area contributed by atoms with Crippen LogP contribution in [0.3, 0.4) is 0 Å². The molecule has 0 unspecified atom stereocenters. The fourth-order valence-electron chi connectivity index (χ4n) is 4.78. The maximum Gasteiger partial charge on any atom is 0.335 e. The Balaban J connectivity index is 1.15. The second kappa shape index (κ2) is 10.3. The summed E-state index contributed by atoms with van der Waals surface area (Å²) in [4.78, 5) is 28.8. The largest absolute Gasteiger partial charge is 0.494 e. The summed E-state index contributed by atoms with van der Waals surface area (Å²) in [6.07, 6.45) is 8.20. The lowest BCUT2D eigenvalue weighted by Crippen LogP contribution is -2.38. The molecule has 10 nitrogen and oxygen atoms in total. The Labute approximate surface area is 229 Å². The lowest BCUT2D eigenvalue weighted by molar-refractivity contribution is -0.118. The average Bonchev–Trinajstić information content (AvgIpc) is 3.57. The number of rotatable bonds is 9. The van der Waals surface area contributed by atoms with Gasteiger partial charge in [-0.2, -0.15) is 0 Å². The molecule has 0 bridgehead atoms. The third-order valence-corrected chi connectivity index (χ3v) is 7.06. The van der Waals surface area contributed by atoms with Gasteiger partial charge in [0.1, 0.15) is 11.3 Å². The normalized spacial score (nSPS) is 14.7. The number of carboxylic acid groups (broad SMARTS) is 1. The summed E-state index contributed by atoms with van der Waals surface area (Å²) in [5, 5.41) is 13.6. The molecule has 0 spiro atoms. The number of aromatic nitrogens is 2. The Morgan fingerprint density at radius 1 is 1.12 bits per heavy atom. The zero-order valence-electron chi connectivity index (χ0n) is 21.6. The van der Waals surface area contributed by atoms with Gasteiger partial charge in [-0.05, 0) is 59.7 Å². The minimum absolute atomic E-state index is 0.0397. The van der Waals surface area contributed by atoms with E-state index < -0.39 is 17.7 Å². The number of carbonyl (C=O) groups excluding carboxylic acids is 1. The van der Waals surface area contributed by atoms with Gasteiger partial charge >= 0.3 is 5.97 Å². The minimum atomic E-state index is -1.05. The first-order valence-corrected chi connectivity index (χ1v) is 12.8. The molecule has 6 rings (SSSR count). The highest BCUT2D eigenvalue weighted by atomic mass is 19.1. The number of aromatic carboxylic acids is 1. The number of imidazole rings is 1. The van der Waals surface area contributed by atoms with Crippen LogP contribution in [0.25, 0.3) is 16.8 Å². The molecule has 1 saturated carbocycles. The number of amides is 1. The van der Waals surface area contributed by atoms with Gasteiger partial charge < -0.3 is 19.6 Å². The molecule has 3 heterocycles. The molecule has 1 aliphatic carbocycles. The van der Waals surface area contributed by atoms with E-state index in [0.717, 1.165) is 11.3 Å². The van der Waals surface area contributed by atoms with Gasteiger partial charge in [0.25, 0.3) is 5.91 Å². The molecule has 4 N–H and O–H groups in total. The lowest BCUT2D eigenvalue weighted by Gasteiger charge is -2.15. The Hall–Kier alpha value is -4.90. The molecule has 2 aliphatic rings. The van der Waals surface area contributed by atoms with E-state index in [1.165, 1.54) is 43.7 Å². The van der Waals surface area contributed by atoms with Crippen molar-refractivity contribution >= 4 is 17.5 Å². The highest BCUT2D eigenvalue weighted by Gasteiger charge is 2.24. The fourth-order valence-corrected chi connectivity index (χ4v) is 4.78. The number of fused-ring (bicyclic) bond motifs is 1. The predicted molar refractivity (Wildman–Crippen MR) is 144 cm³/mol. The number of nitrogens with zero attached hydrogens (tertiary/aromatic N) is 3. The van der Waals surface area contributed by atoms with Gasteiger partial charge in [0.05, 0.1) is 24.9 Å². The zero-order chi connectivity index (χ0) is 27.8. The summed E-state index contributed by atoms with van der Waals surface area (Å²) >= 11 is 0. The van der Waals surface area contributed by atoms with E-state index in [1.54, 1.807) is 29.4 Å². The number of ether oxygens (including phenoxy) is 1. The number of nitrogens with one attached hydrogen (secondary N) is 3. The smallest absolute Gasteiger partial charge is 0.335 e. The number of pyridine rings is 1. The van der Waals surface area contributed by atoms with E-state index >= 15 is 4.39 Å². The molecule has 1 amide bonds. The zero-order valence-corrected chi connectivity index (χ0v) is 21.6. The molecule has 2 aromatic carbocycles. The van der Waals surface area contributed by atoms with E-state index in [9.17, 15) is 14.7 Å². The average molecular weight is 543 g/mol. The van der Waals surface area contributed by atoms with Crippen LogP contribution in [0.5, 0.6) is 5.75 Å². The molecular formula is C29H27FN6O4. The van der Waals surface area contributed by atoms with E-state index in [1.807, 2.05) is 16.7 Å². The Morgan fingerprint density at radius 3 is 2.65 bits per heavy atom. The van der Waals surface area contributed by atoms with Crippen molar-refractivity contribution in [2.45, 2.75) is 31.8 Å². The maximum atomic E-state index is 15.3. The van der Waals surface area contributed by atoms with Gasteiger partial charge in [-0.3, -0.25) is 15.2 Å². The summed E-state index contributed by atoms with van der Waals surface area (Å²) in [5.41, 5.74) is 10.5. The molecule has 1 fully saturated rings. The van der Waals surface area contributed by atoms with Gasteiger partial charge in [-0.15, -0.1) is 5.53 Å². The van der Waals surface area contributed by atoms with E-state index in [-0.39, 0.29) is 29.1 Å². The number of benzene rings is 2. The summed E-state index contributed by atoms with van der Waals surface area (Å²) in [7, 11) is 1.37. The standard InChI is InChI=1S/C29H27FN6O4/c1-40-25-10-9-22(18-4-6-19(7-5-18)29(38)39)23(27(25)30)12-31-28(37)24-16-36(34-33-24)15-21-14-35-13-20(17-2-3-17)8-11-26(35)32-21/h4-11,13-14,16-17,33-34H,2-3,12,15H2,1H3,(H,31,37)(H,38,39). The number of carbonyl (C=O) groups is 2. The van der Waals surface area contributed by atoms with Gasteiger partial charge in [0, 0.05) is 30.7 Å². The molecule has 0 radical (unpaired) electrons. The van der Waals surface area contributed by atoms with Crippen molar-refractivity contribution in [3.05, 3.63) is 101 Å². The van der Waals surface area contributed by atoms with Crippen LogP contribution in [-0.2, 0) is 17.9 Å². The van der Waals surface area contributed by atoms with E-state index in [4.69, 9.17) is 4.74 Å². The molecule has 0 atom stereocenters. The third-order valence-electron chi connectivity index (χ3n) is 7.06. The monoisotopic (exact) mass is 542 g/mol. The molecule has 204 valence electrons. The number of methoxy groups -OCH3 is 1. The molecule has 40 heavy (non-hydrogen) atoms. The van der Waals surface area contributed by atoms with Crippen LogP contribution in [0.15, 0.2) is 72.8 Å². The first-order valence-electron chi connectivity index (χ1n) is 12.8. The summed E-state index contributed by atoms with van der Waals surface area (Å²) in [5.74, 6) is -1.40. The highest BCUT2D eigenvalue weighted by molar-refractivity contribution is 5.93. The number of hydrogen-bond acceptors (Lipinski definition) is 7. The summed E-state index contributed by atoms with van der Waals surface area (Å²) in [6.45, 7) is 0.303. The molecule has 4 aromatic rings. The van der Waals surface area contributed by atoms with Crippen LogP contribution in [-0.4, -0.2) is 38.5 Å². The third kappa shape index (κ3) is 5.06. The number of halogens is 1. The molecule has 2 aromatic heterocycles. The number of hydrogen-bond donors (Lipinski definition) is 4. The number of hydrazine groups is 2. The highest BCUT2D eigenvalue weighted by Crippen LogP contribution is 2.40. The predicted octanol–water partition coefficient (Wildman–Crippen LogP) is 3.71. The first-order chi connectivity index (χ1) is 19.4. The van der Waals surface area contributed by atoms with Crippen LogP contribution in [0.4, 0.5) is 4.39 Å². The van der Waals surface area contributed by atoms with Gasteiger partial charge in [0.2, 0.25) is 0 Å². The van der Waals surface area contributed by atoms with Crippen molar-refractivity contribution in [3.63, 3.8) is 0 Å². The van der Waals surface area contributed by atoms with Crippen LogP contribution >= 0.6 is 0 Å². The van der Waals surface area contributed by atoms with Crippen molar-refractivity contribution in [1.82, 2.24) is 30.7 Å². The van der Waals surface area contributed by atoms with Gasteiger partial charge in [-0.25, -0.2) is 14.2 Å². The topological polar surface area (TPSA) is 120 Å². The molecule has 11 heteroatoms. The SMILES string of the molecule is COc1ccc(-c2ccc(C(=O)O)cc2)c(CNC(=O)C2=CN(Cc3cn4cc(C5CC5)ccc4n3)NN2)c1F. The van der Waals surface area contributed by atoms with Crippen LogP contribution in [0.2, 0.25) is 0 Å². The van der Waals surface area contributed by atoms with Crippen molar-refractivity contribution < 1.29 is 23.8 Å². The van der Waals surface area contributed by atoms with Crippen molar-refractivity contribution in [1.29, 1.82) is 0 Å². The van der Waals surface area contributed by atoms with Crippen molar-refractivity contribution in [2.75, 3.05) is 7.11 Å². The maximum absolute atomic E-state index is 15.3. The summed E-state index contributed by atoms with van der Waals surface area (Å²) in [6, 6.07) is 13.4. The van der Waals surface area contributed by atoms with Crippen molar-refractivity contribution in [2.24, 2.45) is 0 Å². The van der Waals surface area contributed by atoms with Crippen LogP contribution < -0.4 is 21.0 Å². The molecular weight excluding hydrogens is 515 g/mol. The quantitative estimate of drug-likeness (QED) is 0.253.